The van der Waals surface area contributed by atoms with Gasteiger partial charge in [-0.3, -0.25) is 4.90 Å². The molecule has 0 saturated carbocycles. The van der Waals surface area contributed by atoms with Crippen molar-refractivity contribution < 1.29 is 28.0 Å². The minimum atomic E-state index is -3.61. The zero-order chi connectivity index (χ0) is 20.7. The van der Waals surface area contributed by atoms with Gasteiger partial charge in [-0.1, -0.05) is 6.07 Å². The fourth-order valence-corrected chi connectivity index (χ4v) is 3.62. The molecule has 11 heteroatoms. The van der Waals surface area contributed by atoms with Gasteiger partial charge in [-0.15, -0.1) is 8.78 Å². The number of fused-ring (bicyclic) bond motifs is 2. The number of rotatable bonds is 3. The lowest BCUT2D eigenvalue weighted by Crippen LogP contribution is -2.51. The molecule has 0 unspecified atom stereocenters. The monoisotopic (exact) mass is 419 g/mol. The summed E-state index contributed by atoms with van der Waals surface area (Å²) in [5.74, 6) is 0.0766. The highest BCUT2D eigenvalue weighted by molar-refractivity contribution is 5.77. The van der Waals surface area contributed by atoms with E-state index in [9.17, 15) is 13.6 Å². The van der Waals surface area contributed by atoms with E-state index in [0.29, 0.717) is 38.4 Å². The number of carbonyl (C=O) groups excluding carboxylic acids is 1. The number of urea groups is 1. The van der Waals surface area contributed by atoms with E-state index in [1.807, 2.05) is 0 Å². The van der Waals surface area contributed by atoms with Crippen molar-refractivity contribution in [2.45, 2.75) is 12.8 Å². The van der Waals surface area contributed by atoms with Crippen molar-refractivity contribution in [1.82, 2.24) is 25.7 Å². The van der Waals surface area contributed by atoms with E-state index in [0.717, 1.165) is 11.3 Å². The van der Waals surface area contributed by atoms with Crippen molar-refractivity contribution in [2.75, 3.05) is 26.2 Å². The van der Waals surface area contributed by atoms with Crippen LogP contribution >= 0.6 is 0 Å². The molecule has 2 amide bonds. The SMILES string of the molecule is O=C(NC1=CC=CN2ONC=C12)N1CCN(Cc2ccc3c(c2)OC(F)(F)O3)CC1. The van der Waals surface area contributed by atoms with Crippen molar-refractivity contribution in [3.8, 4) is 11.5 Å². The molecule has 0 aliphatic carbocycles. The Kier molecular flexibility index (Phi) is 4.48. The quantitative estimate of drug-likeness (QED) is 0.774. The Morgan fingerprint density at radius 3 is 2.80 bits per heavy atom. The van der Waals surface area contributed by atoms with Gasteiger partial charge in [0.25, 0.3) is 0 Å². The summed E-state index contributed by atoms with van der Waals surface area (Å²) in [5, 5.41) is 4.43. The molecule has 1 saturated heterocycles. The standard InChI is InChI=1S/C19H19F2N5O4/c20-19(21)28-16-4-3-13(10-17(16)29-19)12-24-6-8-25(9-7-24)18(27)23-14-2-1-5-26-15(14)11-22-30-26/h1-5,10-11,22H,6-9,12H2,(H,23,27). The normalized spacial score (nSPS) is 21.7. The molecule has 30 heavy (non-hydrogen) atoms. The molecule has 0 aromatic heterocycles. The van der Waals surface area contributed by atoms with E-state index in [-0.39, 0.29) is 17.5 Å². The third kappa shape index (κ3) is 3.64. The molecule has 0 atom stereocenters. The Balaban J connectivity index is 1.14. The third-order valence-corrected chi connectivity index (χ3v) is 5.12. The first-order valence-electron chi connectivity index (χ1n) is 9.45. The predicted molar refractivity (Wildman–Crippen MR) is 99.4 cm³/mol. The van der Waals surface area contributed by atoms with Crippen LogP contribution in [0.4, 0.5) is 13.6 Å². The molecule has 0 radical (unpaired) electrons. The smallest absolute Gasteiger partial charge is 0.395 e. The van der Waals surface area contributed by atoms with Crippen LogP contribution in [0, 0.1) is 0 Å². The number of allylic oxidation sites excluding steroid dienone is 2. The van der Waals surface area contributed by atoms with Gasteiger partial charge in [0.1, 0.15) is 5.70 Å². The van der Waals surface area contributed by atoms with Crippen molar-refractivity contribution in [3.05, 3.63) is 59.7 Å². The summed E-state index contributed by atoms with van der Waals surface area (Å²) >= 11 is 0. The average molecular weight is 419 g/mol. The first-order chi connectivity index (χ1) is 14.5. The van der Waals surface area contributed by atoms with Crippen LogP contribution in [0.5, 0.6) is 11.5 Å². The molecular formula is C19H19F2N5O4. The predicted octanol–water partition coefficient (Wildman–Crippen LogP) is 1.84. The zero-order valence-electron chi connectivity index (χ0n) is 15.8. The Labute approximate surface area is 170 Å². The molecule has 1 aromatic rings. The Bertz CT molecular complexity index is 956. The number of halogens is 2. The van der Waals surface area contributed by atoms with Crippen molar-refractivity contribution in [3.63, 3.8) is 0 Å². The Hall–Kier alpha value is -3.31. The summed E-state index contributed by atoms with van der Waals surface area (Å²) in [6.45, 7) is 3.00. The summed E-state index contributed by atoms with van der Waals surface area (Å²) in [6.07, 6.45) is 3.36. The maximum Gasteiger partial charge on any atom is 0.586 e. The van der Waals surface area contributed by atoms with E-state index < -0.39 is 6.29 Å². The zero-order valence-corrected chi connectivity index (χ0v) is 15.8. The number of nitrogens with zero attached hydrogens (tertiary/aromatic N) is 3. The third-order valence-electron chi connectivity index (χ3n) is 5.12. The van der Waals surface area contributed by atoms with Gasteiger partial charge in [-0.05, 0) is 29.8 Å². The van der Waals surface area contributed by atoms with Gasteiger partial charge < -0.3 is 19.7 Å². The van der Waals surface area contributed by atoms with Crippen LogP contribution in [-0.2, 0) is 11.5 Å². The van der Waals surface area contributed by atoms with E-state index in [4.69, 9.17) is 4.94 Å². The van der Waals surface area contributed by atoms with E-state index in [1.165, 1.54) is 11.1 Å². The van der Waals surface area contributed by atoms with Gasteiger partial charge in [-0.25, -0.2) is 15.3 Å². The van der Waals surface area contributed by atoms with Crippen molar-refractivity contribution in [2.24, 2.45) is 0 Å². The molecule has 0 bridgehead atoms. The second kappa shape index (κ2) is 7.18. The number of ether oxygens (including phenoxy) is 2. The summed E-state index contributed by atoms with van der Waals surface area (Å²) < 4.78 is 35.3. The molecule has 5 rings (SSSR count). The molecule has 4 aliphatic heterocycles. The van der Waals surface area contributed by atoms with Crippen LogP contribution < -0.4 is 20.3 Å². The molecule has 9 nitrogen and oxygen atoms in total. The van der Waals surface area contributed by atoms with E-state index in [2.05, 4.69) is 25.2 Å². The highest BCUT2D eigenvalue weighted by Crippen LogP contribution is 2.41. The van der Waals surface area contributed by atoms with Crippen LogP contribution in [0.15, 0.2) is 54.1 Å². The van der Waals surface area contributed by atoms with Crippen LogP contribution in [0.1, 0.15) is 5.56 Å². The maximum absolute atomic E-state index is 13.2. The lowest BCUT2D eigenvalue weighted by atomic mass is 10.1. The number of amides is 2. The maximum atomic E-state index is 13.2. The molecule has 0 spiro atoms. The summed E-state index contributed by atoms with van der Waals surface area (Å²) in [7, 11) is 0. The largest absolute Gasteiger partial charge is 0.586 e. The van der Waals surface area contributed by atoms with Crippen molar-refractivity contribution in [1.29, 1.82) is 0 Å². The lowest BCUT2D eigenvalue weighted by molar-refractivity contribution is -0.286. The molecule has 4 heterocycles. The van der Waals surface area contributed by atoms with E-state index in [1.54, 1.807) is 41.6 Å². The van der Waals surface area contributed by atoms with E-state index >= 15 is 0 Å². The molecular weight excluding hydrogens is 400 g/mol. The van der Waals surface area contributed by atoms with Gasteiger partial charge in [-0.2, -0.15) is 4.94 Å². The number of carbonyl (C=O) groups is 1. The summed E-state index contributed by atoms with van der Waals surface area (Å²) in [5.41, 5.74) is 4.84. The molecule has 158 valence electrons. The summed E-state index contributed by atoms with van der Waals surface area (Å²) in [6, 6.07) is 4.61. The average Bonchev–Trinajstić information content (AvgIpc) is 3.31. The number of piperazine rings is 1. The fourth-order valence-electron chi connectivity index (χ4n) is 3.62. The number of hydroxylamine groups is 3. The summed E-state index contributed by atoms with van der Waals surface area (Å²) in [4.78, 5) is 21.7. The van der Waals surface area contributed by atoms with Gasteiger partial charge in [0, 0.05) is 38.9 Å². The van der Waals surface area contributed by atoms with Gasteiger partial charge >= 0.3 is 12.3 Å². The fraction of sp³-hybridized carbons (Fsp3) is 0.316. The van der Waals surface area contributed by atoms with Crippen LogP contribution in [0.3, 0.4) is 0 Å². The van der Waals surface area contributed by atoms with Crippen LogP contribution in [0.2, 0.25) is 0 Å². The minimum Gasteiger partial charge on any atom is -0.395 e. The number of benzene rings is 1. The lowest BCUT2D eigenvalue weighted by Gasteiger charge is -2.35. The Morgan fingerprint density at radius 2 is 1.97 bits per heavy atom. The number of hydrogen-bond donors (Lipinski definition) is 2. The van der Waals surface area contributed by atoms with Crippen LogP contribution in [-0.4, -0.2) is 53.4 Å². The molecule has 4 aliphatic rings. The van der Waals surface area contributed by atoms with Gasteiger partial charge in [0.05, 0.1) is 11.9 Å². The Morgan fingerprint density at radius 1 is 1.17 bits per heavy atom. The van der Waals surface area contributed by atoms with Crippen LogP contribution in [0.25, 0.3) is 0 Å². The van der Waals surface area contributed by atoms with Gasteiger partial charge in [0.2, 0.25) is 0 Å². The highest BCUT2D eigenvalue weighted by Gasteiger charge is 2.43. The molecule has 2 N–H and O–H groups in total. The van der Waals surface area contributed by atoms with Crippen molar-refractivity contribution >= 4 is 6.03 Å². The second-order valence-corrected chi connectivity index (χ2v) is 7.13. The minimum absolute atomic E-state index is 0.0358. The molecule has 1 fully saturated rings. The topological polar surface area (TPSA) is 78.5 Å². The number of alkyl halides is 2. The first-order valence-corrected chi connectivity index (χ1v) is 9.45. The number of hydrogen-bond acceptors (Lipinski definition) is 7. The molecule has 1 aromatic carbocycles. The first kappa shape index (κ1) is 18.7. The second-order valence-electron chi connectivity index (χ2n) is 7.13. The highest BCUT2D eigenvalue weighted by atomic mass is 19.3. The number of nitrogens with one attached hydrogen (secondary N) is 2. The van der Waals surface area contributed by atoms with Gasteiger partial charge in [0.15, 0.2) is 11.5 Å².